The monoisotopic (exact) mass is 354 g/mol. The Morgan fingerprint density at radius 1 is 1.27 bits per heavy atom. The van der Waals surface area contributed by atoms with Crippen molar-refractivity contribution in [2.75, 3.05) is 25.0 Å². The largest absolute Gasteiger partial charge is 0.367 e. The quantitative estimate of drug-likeness (QED) is 0.368. The molecule has 2 aromatic rings. The average molecular weight is 355 g/mol. The van der Waals surface area contributed by atoms with E-state index in [0.29, 0.717) is 6.04 Å². The lowest BCUT2D eigenvalue weighted by atomic mass is 10.1. The molecule has 0 saturated heterocycles. The van der Waals surface area contributed by atoms with Crippen LogP contribution in [0.2, 0.25) is 0 Å². The van der Waals surface area contributed by atoms with E-state index in [9.17, 15) is 0 Å². The van der Waals surface area contributed by atoms with Gasteiger partial charge in [0.15, 0.2) is 0 Å². The first kappa shape index (κ1) is 19.8. The van der Waals surface area contributed by atoms with E-state index in [1.165, 1.54) is 11.9 Å². The summed E-state index contributed by atoms with van der Waals surface area (Å²) in [6.07, 6.45) is 8.13. The fourth-order valence-corrected chi connectivity index (χ4v) is 2.92. The second-order valence-electron chi connectivity index (χ2n) is 6.46. The van der Waals surface area contributed by atoms with Crippen LogP contribution in [0.3, 0.4) is 0 Å². The molecule has 1 aromatic carbocycles. The summed E-state index contributed by atoms with van der Waals surface area (Å²) in [4.78, 5) is 10.8. The molecule has 6 heteroatoms. The van der Waals surface area contributed by atoms with Gasteiger partial charge in [0, 0.05) is 18.8 Å². The van der Waals surface area contributed by atoms with Gasteiger partial charge in [-0.25, -0.2) is 9.97 Å². The zero-order valence-electron chi connectivity index (χ0n) is 15.8. The van der Waals surface area contributed by atoms with Gasteiger partial charge in [-0.05, 0) is 44.8 Å². The van der Waals surface area contributed by atoms with Crippen molar-refractivity contribution in [2.45, 2.75) is 39.2 Å². The predicted octanol–water partition coefficient (Wildman–Crippen LogP) is 2.91. The number of likely N-dealkylation sites (N-methyl/N-ethyl adjacent to an activating group) is 1. The summed E-state index contributed by atoms with van der Waals surface area (Å²) in [6.45, 7) is 7.69. The number of hydrogen-bond donors (Lipinski definition) is 2. The van der Waals surface area contributed by atoms with Crippen LogP contribution in [0, 0.1) is 0 Å². The van der Waals surface area contributed by atoms with Gasteiger partial charge in [0.1, 0.15) is 12.1 Å². The normalized spacial score (nSPS) is 12.6. The number of hydrogen-bond acceptors (Lipinski definition) is 6. The second-order valence-corrected chi connectivity index (χ2v) is 6.46. The van der Waals surface area contributed by atoms with Crippen LogP contribution in [0.4, 0.5) is 5.82 Å². The molecule has 3 N–H and O–H groups in total. The van der Waals surface area contributed by atoms with Gasteiger partial charge in [-0.2, -0.15) is 5.10 Å². The summed E-state index contributed by atoms with van der Waals surface area (Å²) in [5, 5.41) is 6.99. The van der Waals surface area contributed by atoms with E-state index >= 15 is 0 Å². The van der Waals surface area contributed by atoms with Crippen LogP contribution in [0.25, 0.3) is 0 Å². The third-order valence-electron chi connectivity index (χ3n) is 4.46. The minimum atomic E-state index is 0.322. The Morgan fingerprint density at radius 2 is 2.08 bits per heavy atom. The maximum absolute atomic E-state index is 5.24. The van der Waals surface area contributed by atoms with Crippen LogP contribution in [0.5, 0.6) is 0 Å². The Morgan fingerprint density at radius 3 is 2.81 bits per heavy atom. The molecule has 1 aromatic heterocycles. The smallest absolute Gasteiger partial charge is 0.138 e. The number of nitrogens with one attached hydrogen (secondary N) is 1. The van der Waals surface area contributed by atoms with Crippen LogP contribution >= 0.6 is 0 Å². The van der Waals surface area contributed by atoms with Gasteiger partial charge in [-0.1, -0.05) is 37.3 Å². The first-order chi connectivity index (χ1) is 12.7. The van der Waals surface area contributed by atoms with E-state index < -0.39 is 0 Å². The number of nitrogens with two attached hydrogens (primary N) is 1. The lowest BCUT2D eigenvalue weighted by Crippen LogP contribution is -2.28. The molecule has 0 bridgehead atoms. The Balaban J connectivity index is 1.73. The molecule has 1 unspecified atom stereocenters. The maximum Gasteiger partial charge on any atom is 0.138 e. The zero-order chi connectivity index (χ0) is 18.6. The van der Waals surface area contributed by atoms with Crippen molar-refractivity contribution in [3.05, 3.63) is 54.0 Å². The summed E-state index contributed by atoms with van der Waals surface area (Å²) in [7, 11) is 0. The highest BCUT2D eigenvalue weighted by atomic mass is 15.1. The molecular formula is C20H30N6. The van der Waals surface area contributed by atoms with E-state index in [4.69, 9.17) is 5.84 Å². The summed E-state index contributed by atoms with van der Waals surface area (Å²) < 4.78 is 0. The molecular weight excluding hydrogens is 324 g/mol. The van der Waals surface area contributed by atoms with Crippen molar-refractivity contribution in [3.8, 4) is 0 Å². The van der Waals surface area contributed by atoms with Crippen molar-refractivity contribution in [1.29, 1.82) is 0 Å². The summed E-state index contributed by atoms with van der Waals surface area (Å²) in [5.74, 6) is 6.02. The van der Waals surface area contributed by atoms with Crippen LogP contribution in [-0.4, -0.2) is 46.8 Å². The van der Waals surface area contributed by atoms with Crippen molar-refractivity contribution < 1.29 is 0 Å². The molecule has 0 amide bonds. The van der Waals surface area contributed by atoms with Crippen LogP contribution in [-0.2, 0) is 6.42 Å². The van der Waals surface area contributed by atoms with Gasteiger partial charge >= 0.3 is 0 Å². The molecule has 0 aliphatic carbocycles. The van der Waals surface area contributed by atoms with Gasteiger partial charge in [0.25, 0.3) is 0 Å². The summed E-state index contributed by atoms with van der Waals surface area (Å²) >= 11 is 0. The van der Waals surface area contributed by atoms with Crippen LogP contribution in [0.15, 0.2) is 48.0 Å². The highest BCUT2D eigenvalue weighted by molar-refractivity contribution is 5.85. The Bertz CT molecular complexity index is 658. The lowest BCUT2D eigenvalue weighted by molar-refractivity contribution is 0.283. The molecule has 0 fully saturated rings. The predicted molar refractivity (Wildman–Crippen MR) is 108 cm³/mol. The number of aromatic nitrogens is 2. The Hall–Kier alpha value is -2.47. The lowest BCUT2D eigenvalue weighted by Gasteiger charge is -2.22. The molecule has 1 heterocycles. The van der Waals surface area contributed by atoms with E-state index in [1.54, 1.807) is 12.4 Å². The van der Waals surface area contributed by atoms with Crippen molar-refractivity contribution in [1.82, 2.24) is 14.9 Å². The van der Waals surface area contributed by atoms with Gasteiger partial charge in [-0.3, -0.25) is 0 Å². The maximum atomic E-state index is 5.24. The molecule has 0 aliphatic heterocycles. The second kappa shape index (κ2) is 11.2. The Kier molecular flexibility index (Phi) is 8.55. The van der Waals surface area contributed by atoms with Gasteiger partial charge in [-0.15, -0.1) is 0 Å². The molecule has 0 saturated carbocycles. The molecule has 1 atom stereocenters. The third-order valence-corrected chi connectivity index (χ3v) is 4.46. The number of rotatable bonds is 11. The van der Waals surface area contributed by atoms with Crippen molar-refractivity contribution in [2.24, 2.45) is 10.9 Å². The Labute approximate surface area is 156 Å². The highest BCUT2D eigenvalue weighted by Crippen LogP contribution is 2.12. The number of nitrogens with zero attached hydrogens (tertiary/aromatic N) is 4. The highest BCUT2D eigenvalue weighted by Gasteiger charge is 2.08. The third kappa shape index (κ3) is 6.80. The first-order valence-corrected chi connectivity index (χ1v) is 9.29. The molecule has 140 valence electrons. The minimum absolute atomic E-state index is 0.322. The average Bonchev–Trinajstić information content (AvgIpc) is 2.67. The fourth-order valence-electron chi connectivity index (χ4n) is 2.92. The molecule has 0 radical (unpaired) electrons. The van der Waals surface area contributed by atoms with Crippen molar-refractivity contribution in [3.63, 3.8) is 0 Å². The first-order valence-electron chi connectivity index (χ1n) is 9.29. The van der Waals surface area contributed by atoms with E-state index in [-0.39, 0.29) is 0 Å². The van der Waals surface area contributed by atoms with Crippen molar-refractivity contribution >= 4 is 12.0 Å². The van der Waals surface area contributed by atoms with Crippen LogP contribution in [0.1, 0.15) is 37.8 Å². The fraction of sp³-hybridized carbons (Fsp3) is 0.450. The SMILES string of the molecule is CCN(CCCC(C)Nc1ncncc1/C=N\N)CCc1ccccc1. The number of benzene rings is 1. The summed E-state index contributed by atoms with van der Waals surface area (Å²) in [6, 6.07) is 11.0. The van der Waals surface area contributed by atoms with Crippen LogP contribution < -0.4 is 11.2 Å². The zero-order valence-corrected chi connectivity index (χ0v) is 15.8. The molecule has 2 rings (SSSR count). The number of hydrazone groups is 1. The van der Waals surface area contributed by atoms with E-state index in [0.717, 1.165) is 50.3 Å². The van der Waals surface area contributed by atoms with Gasteiger partial charge in [0.05, 0.1) is 11.8 Å². The van der Waals surface area contributed by atoms with E-state index in [2.05, 4.69) is 69.5 Å². The molecule has 0 aliphatic rings. The minimum Gasteiger partial charge on any atom is -0.367 e. The van der Waals surface area contributed by atoms with Gasteiger partial charge in [0.2, 0.25) is 0 Å². The molecule has 6 nitrogen and oxygen atoms in total. The van der Waals surface area contributed by atoms with Gasteiger partial charge < -0.3 is 16.1 Å². The standard InChI is InChI=1S/C20H30N6/c1-3-26(13-11-18-9-5-4-6-10-18)12-7-8-17(2)25-20-19(15-24-21)14-22-16-23-20/h4-6,9-10,14-17H,3,7-8,11-13,21H2,1-2H3,(H,22,23,25)/b24-15-. The topological polar surface area (TPSA) is 79.4 Å². The molecule has 0 spiro atoms. The van der Waals surface area contributed by atoms with E-state index in [1.807, 2.05) is 0 Å². The molecule has 26 heavy (non-hydrogen) atoms. The number of anilines is 1. The summed E-state index contributed by atoms with van der Waals surface area (Å²) in [5.41, 5.74) is 2.21.